The Morgan fingerprint density at radius 2 is 2.04 bits per heavy atom. The van der Waals surface area contributed by atoms with Gasteiger partial charge in [-0.05, 0) is 42.5 Å². The summed E-state index contributed by atoms with van der Waals surface area (Å²) in [5.41, 5.74) is 0.00734. The highest BCUT2D eigenvalue weighted by Gasteiger charge is 2.15. The van der Waals surface area contributed by atoms with E-state index in [0.717, 1.165) is 10.6 Å². The highest BCUT2D eigenvalue weighted by Crippen LogP contribution is 2.35. The van der Waals surface area contributed by atoms with Gasteiger partial charge in [0, 0.05) is 12.3 Å². The molecule has 0 atom stereocenters. The zero-order valence-electron chi connectivity index (χ0n) is 14.0. The van der Waals surface area contributed by atoms with Gasteiger partial charge in [-0.15, -0.1) is 0 Å². The van der Waals surface area contributed by atoms with Crippen molar-refractivity contribution in [1.82, 2.24) is 9.55 Å². The van der Waals surface area contributed by atoms with E-state index >= 15 is 0 Å². The summed E-state index contributed by atoms with van der Waals surface area (Å²) < 4.78 is 25.0. The van der Waals surface area contributed by atoms with Crippen LogP contribution in [0.1, 0.15) is 5.56 Å². The van der Waals surface area contributed by atoms with Gasteiger partial charge in [0.1, 0.15) is 11.4 Å². The molecule has 142 valence electrons. The van der Waals surface area contributed by atoms with Crippen LogP contribution in [0.2, 0.25) is 5.02 Å². The fraction of sp³-hybridized carbons (Fsp3) is 0.0556. The molecule has 3 aromatic rings. The number of halogens is 2. The molecule has 1 aromatic heterocycles. The summed E-state index contributed by atoms with van der Waals surface area (Å²) in [5.74, 6) is 0.0530. The summed E-state index contributed by atoms with van der Waals surface area (Å²) in [6, 6.07) is 8.78. The molecule has 2 aromatic carbocycles. The van der Waals surface area contributed by atoms with E-state index in [0.29, 0.717) is 17.2 Å². The van der Waals surface area contributed by atoms with Crippen molar-refractivity contribution < 1.29 is 19.0 Å². The summed E-state index contributed by atoms with van der Waals surface area (Å²) in [6.07, 6.45) is 1.20. The number of fused-ring (bicyclic) bond motifs is 1. The molecule has 10 heteroatoms. The number of H-pyrrole nitrogens is 1. The van der Waals surface area contributed by atoms with E-state index in [9.17, 15) is 14.3 Å². The zero-order valence-corrected chi connectivity index (χ0v) is 15.6. The van der Waals surface area contributed by atoms with E-state index in [1.54, 1.807) is 18.2 Å². The first kappa shape index (κ1) is 18.2. The average Bonchev–Trinajstić information content (AvgIpc) is 3.12. The Balaban J connectivity index is 1.78. The first-order chi connectivity index (χ1) is 13.4. The van der Waals surface area contributed by atoms with Gasteiger partial charge < -0.3 is 14.6 Å². The Morgan fingerprint density at radius 3 is 2.82 bits per heavy atom. The monoisotopic (exact) mass is 419 g/mol. The van der Waals surface area contributed by atoms with Crippen molar-refractivity contribution in [2.45, 2.75) is 0 Å². The van der Waals surface area contributed by atoms with Gasteiger partial charge in [-0.1, -0.05) is 11.6 Å². The lowest BCUT2D eigenvalue weighted by Gasteiger charge is -2.11. The maximum absolute atomic E-state index is 13.4. The largest absolute Gasteiger partial charge is 0.494 e. The van der Waals surface area contributed by atoms with Crippen molar-refractivity contribution in [3.05, 3.63) is 67.9 Å². The smallest absolute Gasteiger partial charge is 0.264 e. The molecule has 0 unspecified atom stereocenters. The Kier molecular flexibility index (Phi) is 4.62. The number of aromatic amines is 1. The Bertz CT molecular complexity index is 1240. The van der Waals surface area contributed by atoms with E-state index < -0.39 is 17.3 Å². The number of rotatable bonds is 3. The molecule has 0 saturated carbocycles. The summed E-state index contributed by atoms with van der Waals surface area (Å²) >= 11 is 10.9. The molecule has 2 heterocycles. The Labute approximate surface area is 167 Å². The number of benzene rings is 2. The predicted octanol–water partition coefficient (Wildman–Crippen LogP) is 3.87. The van der Waals surface area contributed by atoms with Crippen LogP contribution in [0.25, 0.3) is 5.69 Å². The maximum atomic E-state index is 13.4. The fourth-order valence-corrected chi connectivity index (χ4v) is 3.08. The molecule has 0 bridgehead atoms. The van der Waals surface area contributed by atoms with Crippen LogP contribution in [0, 0.1) is 10.6 Å². The van der Waals surface area contributed by atoms with Crippen molar-refractivity contribution >= 4 is 35.7 Å². The highest BCUT2D eigenvalue weighted by atomic mass is 35.5. The summed E-state index contributed by atoms with van der Waals surface area (Å²) in [7, 11) is 0. The molecule has 4 rings (SSSR count). The second kappa shape index (κ2) is 7.10. The van der Waals surface area contributed by atoms with Gasteiger partial charge in [0.25, 0.3) is 5.56 Å². The second-order valence-corrected chi connectivity index (χ2v) is 6.52. The lowest BCUT2D eigenvalue weighted by molar-refractivity contribution is 0.174. The molecule has 0 amide bonds. The van der Waals surface area contributed by atoms with Crippen LogP contribution in [0.3, 0.4) is 0 Å². The minimum absolute atomic E-state index is 0.0783. The number of hydrogen-bond acceptors (Lipinski definition) is 6. The molecule has 0 saturated heterocycles. The number of aromatic hydroxyl groups is 1. The van der Waals surface area contributed by atoms with Gasteiger partial charge in [-0.2, -0.15) is 0 Å². The SMILES string of the molecule is O=c1[nH]c(=S)n(-c2ccc(F)c(Cl)c2)c(O)c1C=Nc1ccc2c(c1)OCO2. The Morgan fingerprint density at radius 1 is 1.25 bits per heavy atom. The van der Waals surface area contributed by atoms with Crippen LogP contribution >= 0.6 is 23.8 Å². The highest BCUT2D eigenvalue weighted by molar-refractivity contribution is 7.71. The number of hydrogen-bond donors (Lipinski definition) is 2. The molecule has 2 N–H and O–H groups in total. The molecule has 0 spiro atoms. The standard InChI is InChI=1S/C18H11ClFN3O4S/c19-12-6-10(2-3-13(12)20)23-17(25)11(16(24)22-18(23)28)7-21-9-1-4-14-15(5-9)27-8-26-14/h1-7,25H,8H2,(H,22,24,28). The van der Waals surface area contributed by atoms with Crippen molar-refractivity contribution in [3.8, 4) is 23.1 Å². The molecule has 7 nitrogen and oxygen atoms in total. The van der Waals surface area contributed by atoms with E-state index in [4.69, 9.17) is 33.3 Å². The molecular formula is C18H11ClFN3O4S. The zero-order chi connectivity index (χ0) is 19.8. The first-order valence-electron chi connectivity index (χ1n) is 7.91. The maximum Gasteiger partial charge on any atom is 0.264 e. The number of ether oxygens (including phenoxy) is 2. The van der Waals surface area contributed by atoms with Crippen LogP contribution in [-0.2, 0) is 0 Å². The van der Waals surface area contributed by atoms with Crippen LogP contribution in [0.5, 0.6) is 17.4 Å². The van der Waals surface area contributed by atoms with Crippen LogP contribution in [0.4, 0.5) is 10.1 Å². The second-order valence-electron chi connectivity index (χ2n) is 5.73. The van der Waals surface area contributed by atoms with Crippen LogP contribution in [-0.4, -0.2) is 27.7 Å². The van der Waals surface area contributed by atoms with E-state index in [2.05, 4.69) is 9.98 Å². The average molecular weight is 420 g/mol. The van der Waals surface area contributed by atoms with E-state index in [-0.39, 0.29) is 27.8 Å². The number of aliphatic imine (C=N–C) groups is 1. The molecular weight excluding hydrogens is 409 g/mol. The number of aromatic nitrogens is 2. The topological polar surface area (TPSA) is 88.8 Å². The number of nitrogens with zero attached hydrogens (tertiary/aromatic N) is 2. The van der Waals surface area contributed by atoms with Gasteiger partial charge in [0.2, 0.25) is 12.7 Å². The van der Waals surface area contributed by atoms with Crippen molar-refractivity contribution in [1.29, 1.82) is 0 Å². The van der Waals surface area contributed by atoms with Crippen molar-refractivity contribution in [2.75, 3.05) is 6.79 Å². The molecule has 1 aliphatic rings. The fourth-order valence-electron chi connectivity index (χ4n) is 2.62. The third-order valence-electron chi connectivity index (χ3n) is 3.98. The van der Waals surface area contributed by atoms with Gasteiger partial charge >= 0.3 is 0 Å². The molecule has 28 heavy (non-hydrogen) atoms. The quantitative estimate of drug-likeness (QED) is 0.497. The lowest BCUT2D eigenvalue weighted by Crippen LogP contribution is -2.18. The molecule has 0 aliphatic carbocycles. The lowest BCUT2D eigenvalue weighted by atomic mass is 10.2. The predicted molar refractivity (Wildman–Crippen MR) is 104 cm³/mol. The first-order valence-corrected chi connectivity index (χ1v) is 8.70. The van der Waals surface area contributed by atoms with Crippen molar-refractivity contribution in [2.24, 2.45) is 4.99 Å². The van der Waals surface area contributed by atoms with Gasteiger partial charge in [0.05, 0.1) is 16.4 Å². The minimum atomic E-state index is -0.628. The third kappa shape index (κ3) is 3.25. The van der Waals surface area contributed by atoms with E-state index in [1.165, 1.54) is 18.3 Å². The van der Waals surface area contributed by atoms with Gasteiger partial charge in [0.15, 0.2) is 16.3 Å². The summed E-state index contributed by atoms with van der Waals surface area (Å²) in [5, 5.41) is 10.4. The van der Waals surface area contributed by atoms with Crippen LogP contribution in [0.15, 0.2) is 46.2 Å². The van der Waals surface area contributed by atoms with Gasteiger partial charge in [-0.3, -0.25) is 19.3 Å². The van der Waals surface area contributed by atoms with Crippen LogP contribution < -0.4 is 15.0 Å². The molecule has 1 aliphatic heterocycles. The number of nitrogens with one attached hydrogen (secondary N) is 1. The molecule has 0 fully saturated rings. The third-order valence-corrected chi connectivity index (χ3v) is 4.56. The van der Waals surface area contributed by atoms with Crippen molar-refractivity contribution in [3.63, 3.8) is 0 Å². The van der Waals surface area contributed by atoms with Gasteiger partial charge in [-0.25, -0.2) is 4.39 Å². The van der Waals surface area contributed by atoms with E-state index in [1.807, 2.05) is 0 Å². The normalized spacial score (nSPS) is 12.6. The Hall–Kier alpha value is -3.17. The molecule has 0 radical (unpaired) electrons. The summed E-state index contributed by atoms with van der Waals surface area (Å²) in [4.78, 5) is 18.9. The summed E-state index contributed by atoms with van der Waals surface area (Å²) in [6.45, 7) is 0.128. The minimum Gasteiger partial charge on any atom is -0.494 e.